The van der Waals surface area contributed by atoms with Crippen LogP contribution in [0.2, 0.25) is 0 Å². The maximum atomic E-state index is 11.6. The van der Waals surface area contributed by atoms with Crippen LogP contribution in [0, 0.1) is 0 Å². The molecule has 0 spiro atoms. The summed E-state index contributed by atoms with van der Waals surface area (Å²) < 4.78 is 21.5. The molecule has 162 valence electrons. The van der Waals surface area contributed by atoms with E-state index in [1.807, 2.05) is 54.6 Å². The molecule has 0 atom stereocenters. The summed E-state index contributed by atoms with van der Waals surface area (Å²) in [5.41, 5.74) is 3.46. The Morgan fingerprint density at radius 2 is 1.19 bits per heavy atom. The fourth-order valence-electron chi connectivity index (χ4n) is 3.67. The average Bonchev–Trinajstić information content (AvgIpc) is 2.80. The van der Waals surface area contributed by atoms with Gasteiger partial charge in [-0.05, 0) is 58.7 Å². The van der Waals surface area contributed by atoms with E-state index in [1.165, 1.54) is 7.11 Å². The van der Waals surface area contributed by atoms with Gasteiger partial charge in [-0.2, -0.15) is 0 Å². The summed E-state index contributed by atoms with van der Waals surface area (Å²) in [5, 5.41) is 9.54. The maximum Gasteiger partial charge on any atom is 0.307 e. The second kappa shape index (κ2) is 9.89. The first-order valence-corrected chi connectivity index (χ1v) is 9.75. The third-order valence-corrected chi connectivity index (χ3v) is 5.20. The van der Waals surface area contributed by atoms with Gasteiger partial charge >= 0.3 is 5.97 Å². The molecular weight excluding hydrogens is 396 g/mol. The highest BCUT2D eigenvalue weighted by molar-refractivity contribution is 5.72. The molecule has 0 radical (unpaired) electrons. The number of methoxy groups -OCH3 is 4. The summed E-state index contributed by atoms with van der Waals surface area (Å²) in [4.78, 5) is 11.6. The summed E-state index contributed by atoms with van der Waals surface area (Å²) in [7, 11) is 6.34. The van der Waals surface area contributed by atoms with Crippen LogP contribution < -0.4 is 18.9 Å². The highest BCUT2D eigenvalue weighted by Gasteiger charge is 2.24. The standard InChI is InChI=1S/C25H26O6/c1-28-19-9-5-16(6-10-19)25(17-7-11-20(29-2)12-8-17)21-15-23(31-4)22(30-3)13-18(21)14-24(26)27/h5-13,15,25H,14H2,1-4H3,(H,26,27). The van der Waals surface area contributed by atoms with Crippen molar-refractivity contribution in [3.8, 4) is 23.0 Å². The van der Waals surface area contributed by atoms with Gasteiger partial charge in [-0.1, -0.05) is 24.3 Å². The molecule has 6 nitrogen and oxygen atoms in total. The van der Waals surface area contributed by atoms with Gasteiger partial charge in [0.15, 0.2) is 11.5 Å². The quantitative estimate of drug-likeness (QED) is 0.511. The second-order valence-electron chi connectivity index (χ2n) is 6.96. The smallest absolute Gasteiger partial charge is 0.307 e. The van der Waals surface area contributed by atoms with Crippen molar-refractivity contribution in [2.75, 3.05) is 28.4 Å². The van der Waals surface area contributed by atoms with E-state index < -0.39 is 5.97 Å². The summed E-state index contributed by atoms with van der Waals surface area (Å²) in [5.74, 6) is 1.37. The van der Waals surface area contributed by atoms with Crippen molar-refractivity contribution in [3.63, 3.8) is 0 Å². The zero-order valence-corrected chi connectivity index (χ0v) is 18.0. The van der Waals surface area contributed by atoms with Crippen molar-refractivity contribution in [2.24, 2.45) is 0 Å². The molecule has 6 heteroatoms. The van der Waals surface area contributed by atoms with Gasteiger partial charge in [0.05, 0.1) is 34.9 Å². The monoisotopic (exact) mass is 422 g/mol. The first-order valence-electron chi connectivity index (χ1n) is 9.75. The normalized spacial score (nSPS) is 10.6. The minimum Gasteiger partial charge on any atom is -0.497 e. The van der Waals surface area contributed by atoms with Crippen molar-refractivity contribution in [3.05, 3.63) is 82.9 Å². The Morgan fingerprint density at radius 1 is 0.742 bits per heavy atom. The lowest BCUT2D eigenvalue weighted by Crippen LogP contribution is -2.11. The van der Waals surface area contributed by atoms with E-state index in [1.54, 1.807) is 27.4 Å². The van der Waals surface area contributed by atoms with E-state index in [-0.39, 0.29) is 12.3 Å². The fourth-order valence-corrected chi connectivity index (χ4v) is 3.67. The van der Waals surface area contributed by atoms with Crippen molar-refractivity contribution in [1.29, 1.82) is 0 Å². The number of aliphatic carboxylic acids is 1. The number of rotatable bonds is 9. The van der Waals surface area contributed by atoms with Crippen LogP contribution in [0.5, 0.6) is 23.0 Å². The van der Waals surface area contributed by atoms with Crippen LogP contribution in [0.3, 0.4) is 0 Å². The third-order valence-electron chi connectivity index (χ3n) is 5.20. The van der Waals surface area contributed by atoms with Gasteiger partial charge in [0.1, 0.15) is 11.5 Å². The van der Waals surface area contributed by atoms with Crippen LogP contribution in [0.25, 0.3) is 0 Å². The Labute approximate surface area is 182 Å². The second-order valence-corrected chi connectivity index (χ2v) is 6.96. The van der Waals surface area contributed by atoms with Crippen molar-refractivity contribution in [1.82, 2.24) is 0 Å². The Balaban J connectivity index is 2.24. The van der Waals surface area contributed by atoms with Crippen LogP contribution >= 0.6 is 0 Å². The van der Waals surface area contributed by atoms with Crippen LogP contribution in [-0.2, 0) is 11.2 Å². The van der Waals surface area contributed by atoms with Gasteiger partial charge < -0.3 is 24.1 Å². The van der Waals surface area contributed by atoms with Gasteiger partial charge in [0.25, 0.3) is 0 Å². The maximum absolute atomic E-state index is 11.6. The molecule has 0 fully saturated rings. The molecule has 0 heterocycles. The number of hydrogen-bond donors (Lipinski definition) is 1. The van der Waals surface area contributed by atoms with Crippen LogP contribution in [0.1, 0.15) is 28.2 Å². The van der Waals surface area contributed by atoms with Crippen molar-refractivity contribution in [2.45, 2.75) is 12.3 Å². The molecule has 0 bridgehead atoms. The summed E-state index contributed by atoms with van der Waals surface area (Å²) in [6.45, 7) is 0. The summed E-state index contributed by atoms with van der Waals surface area (Å²) in [6, 6.07) is 19.1. The minimum atomic E-state index is -0.920. The number of hydrogen-bond acceptors (Lipinski definition) is 5. The average molecular weight is 422 g/mol. The van der Waals surface area contributed by atoms with Gasteiger partial charge in [0.2, 0.25) is 0 Å². The molecular formula is C25H26O6. The molecule has 0 amide bonds. The third kappa shape index (κ3) is 4.91. The molecule has 0 aliphatic rings. The van der Waals surface area contributed by atoms with Gasteiger partial charge in [0, 0.05) is 5.92 Å². The zero-order valence-electron chi connectivity index (χ0n) is 18.0. The highest BCUT2D eigenvalue weighted by Crippen LogP contribution is 2.40. The molecule has 0 unspecified atom stereocenters. The number of ether oxygens (including phenoxy) is 4. The number of carboxylic acids is 1. The van der Waals surface area contributed by atoms with Gasteiger partial charge in [-0.15, -0.1) is 0 Å². The number of carbonyl (C=O) groups is 1. The van der Waals surface area contributed by atoms with E-state index in [4.69, 9.17) is 18.9 Å². The van der Waals surface area contributed by atoms with Crippen LogP contribution in [-0.4, -0.2) is 39.5 Å². The summed E-state index contributed by atoms with van der Waals surface area (Å²) >= 11 is 0. The van der Waals surface area contributed by atoms with E-state index in [2.05, 4.69) is 0 Å². The van der Waals surface area contributed by atoms with Crippen molar-refractivity contribution >= 4 is 5.97 Å². The molecule has 31 heavy (non-hydrogen) atoms. The van der Waals surface area contributed by atoms with Crippen molar-refractivity contribution < 1.29 is 28.8 Å². The van der Waals surface area contributed by atoms with E-state index in [0.29, 0.717) is 17.1 Å². The van der Waals surface area contributed by atoms with Gasteiger partial charge in [-0.3, -0.25) is 4.79 Å². The number of carboxylic acid groups (broad SMARTS) is 1. The topological polar surface area (TPSA) is 74.2 Å². The summed E-state index contributed by atoms with van der Waals surface area (Å²) in [6.07, 6.45) is -0.140. The highest BCUT2D eigenvalue weighted by atomic mass is 16.5. The van der Waals surface area contributed by atoms with Gasteiger partial charge in [-0.25, -0.2) is 0 Å². The largest absolute Gasteiger partial charge is 0.497 e. The molecule has 0 aromatic heterocycles. The Hall–Kier alpha value is -3.67. The molecule has 3 aromatic rings. The molecule has 0 aliphatic heterocycles. The van der Waals surface area contributed by atoms with Crippen LogP contribution in [0.15, 0.2) is 60.7 Å². The predicted molar refractivity (Wildman–Crippen MR) is 118 cm³/mol. The Kier molecular flexibility index (Phi) is 7.03. The minimum absolute atomic E-state index is 0.140. The zero-order chi connectivity index (χ0) is 22.4. The molecule has 0 saturated carbocycles. The lowest BCUT2D eigenvalue weighted by atomic mass is 9.82. The molecule has 0 aliphatic carbocycles. The SMILES string of the molecule is COc1ccc(C(c2ccc(OC)cc2)c2cc(OC)c(OC)cc2CC(=O)O)cc1. The Morgan fingerprint density at radius 3 is 1.58 bits per heavy atom. The van der Waals surface area contributed by atoms with E-state index >= 15 is 0 Å². The first-order chi connectivity index (χ1) is 15.0. The number of benzene rings is 3. The molecule has 1 N–H and O–H groups in total. The predicted octanol–water partition coefficient (Wildman–Crippen LogP) is 4.53. The van der Waals surface area contributed by atoms with E-state index in [0.717, 1.165) is 28.2 Å². The Bertz CT molecular complexity index is 978. The fraction of sp³-hybridized carbons (Fsp3) is 0.240. The lowest BCUT2D eigenvalue weighted by Gasteiger charge is -2.24. The molecule has 0 saturated heterocycles. The first kappa shape index (κ1) is 22.0. The van der Waals surface area contributed by atoms with Crippen LogP contribution in [0.4, 0.5) is 0 Å². The van der Waals surface area contributed by atoms with E-state index in [9.17, 15) is 9.90 Å². The lowest BCUT2D eigenvalue weighted by molar-refractivity contribution is -0.136. The molecule has 3 rings (SSSR count). The molecule has 3 aromatic carbocycles.